The third-order valence-corrected chi connectivity index (χ3v) is 4.66. The van der Waals surface area contributed by atoms with Gasteiger partial charge in [-0.25, -0.2) is 0 Å². The molecule has 0 saturated heterocycles. The summed E-state index contributed by atoms with van der Waals surface area (Å²) in [6.45, 7) is 2.05. The van der Waals surface area contributed by atoms with Gasteiger partial charge in [-0.2, -0.15) is 0 Å². The molecule has 0 aromatic heterocycles. The predicted molar refractivity (Wildman–Crippen MR) is 103 cm³/mol. The molecule has 1 aliphatic rings. The van der Waals surface area contributed by atoms with Crippen LogP contribution in [0.4, 0.5) is 5.69 Å². The van der Waals surface area contributed by atoms with E-state index in [1.807, 2.05) is 6.92 Å². The number of fused-ring (bicyclic) bond motifs is 1. The van der Waals surface area contributed by atoms with Gasteiger partial charge in [-0.15, -0.1) is 0 Å². The highest BCUT2D eigenvalue weighted by Gasteiger charge is 2.37. The second kappa shape index (κ2) is 7.98. The largest absolute Gasteiger partial charge is 0.491 e. The van der Waals surface area contributed by atoms with E-state index in [-0.39, 0.29) is 21.2 Å². The number of amides is 3. The molecular formula is C19H16Cl2N2O4. The number of benzene rings is 2. The Morgan fingerprint density at radius 2 is 1.67 bits per heavy atom. The molecule has 0 atom stereocenters. The maximum absolute atomic E-state index is 12.5. The number of carbonyl (C=O) groups is 3. The molecule has 0 radical (unpaired) electrons. The van der Waals surface area contributed by atoms with Crippen LogP contribution < -0.4 is 10.1 Å². The van der Waals surface area contributed by atoms with Gasteiger partial charge in [0.15, 0.2) is 0 Å². The van der Waals surface area contributed by atoms with Gasteiger partial charge in [-0.3, -0.25) is 19.3 Å². The number of anilines is 1. The molecule has 3 rings (SSSR count). The average molecular weight is 407 g/mol. The van der Waals surface area contributed by atoms with Crippen LogP contribution in [0.1, 0.15) is 34.1 Å². The summed E-state index contributed by atoms with van der Waals surface area (Å²) >= 11 is 11.8. The van der Waals surface area contributed by atoms with Crippen LogP contribution in [-0.2, 0) is 4.79 Å². The lowest BCUT2D eigenvalue weighted by molar-refractivity contribution is -0.116. The van der Waals surface area contributed by atoms with Gasteiger partial charge in [0.25, 0.3) is 11.8 Å². The van der Waals surface area contributed by atoms with Crippen molar-refractivity contribution in [3.8, 4) is 5.75 Å². The highest BCUT2D eigenvalue weighted by Crippen LogP contribution is 2.31. The first-order chi connectivity index (χ1) is 12.9. The Hall–Kier alpha value is -2.57. The van der Waals surface area contributed by atoms with Gasteiger partial charge in [0.1, 0.15) is 12.3 Å². The van der Waals surface area contributed by atoms with Crippen LogP contribution in [-0.4, -0.2) is 35.8 Å². The number of hydrogen-bond acceptors (Lipinski definition) is 4. The third kappa shape index (κ3) is 3.91. The molecule has 2 aromatic rings. The van der Waals surface area contributed by atoms with Crippen molar-refractivity contribution < 1.29 is 19.1 Å². The molecule has 0 bridgehead atoms. The van der Waals surface area contributed by atoms with Crippen molar-refractivity contribution in [3.05, 3.63) is 57.6 Å². The van der Waals surface area contributed by atoms with Gasteiger partial charge in [0.05, 0.1) is 33.5 Å². The van der Waals surface area contributed by atoms with E-state index in [2.05, 4.69) is 5.32 Å². The van der Waals surface area contributed by atoms with Gasteiger partial charge >= 0.3 is 0 Å². The molecule has 8 heteroatoms. The maximum atomic E-state index is 12.5. The van der Waals surface area contributed by atoms with Crippen molar-refractivity contribution >= 4 is 46.6 Å². The lowest BCUT2D eigenvalue weighted by Gasteiger charge is -2.15. The monoisotopic (exact) mass is 406 g/mol. The minimum absolute atomic E-state index is 0.133. The van der Waals surface area contributed by atoms with E-state index in [0.29, 0.717) is 18.0 Å². The molecule has 0 saturated carbocycles. The topological polar surface area (TPSA) is 75.7 Å². The quantitative estimate of drug-likeness (QED) is 0.735. The summed E-state index contributed by atoms with van der Waals surface area (Å²) in [5, 5.41) is 3.02. The maximum Gasteiger partial charge on any atom is 0.262 e. The fourth-order valence-corrected chi connectivity index (χ4v) is 3.00. The van der Waals surface area contributed by atoms with Crippen LogP contribution in [0.25, 0.3) is 0 Å². The van der Waals surface area contributed by atoms with E-state index in [1.54, 1.807) is 24.3 Å². The molecule has 0 aliphatic carbocycles. The Morgan fingerprint density at radius 1 is 1.07 bits per heavy atom. The molecule has 1 N–H and O–H groups in total. The van der Waals surface area contributed by atoms with Crippen molar-refractivity contribution in [2.45, 2.75) is 13.3 Å². The normalized spacial score (nSPS) is 12.9. The Balaban J connectivity index is 1.74. The zero-order valence-electron chi connectivity index (χ0n) is 14.4. The molecule has 27 heavy (non-hydrogen) atoms. The lowest BCUT2D eigenvalue weighted by Crippen LogP contribution is -2.37. The standard InChI is InChI=1S/C19H16Cl2N2O4/c1-2-7-27-16-6-4-3-5-15(16)22-17(24)10-23-18(25)11-8-13(20)14(21)9-12(11)19(23)26/h3-6,8-9H,2,7,10H2,1H3,(H,22,24). The minimum atomic E-state index is -0.584. The van der Waals surface area contributed by atoms with Crippen LogP contribution in [0.5, 0.6) is 5.75 Å². The lowest BCUT2D eigenvalue weighted by atomic mass is 10.1. The zero-order chi connectivity index (χ0) is 19.6. The van der Waals surface area contributed by atoms with Gasteiger partial charge < -0.3 is 10.1 Å². The summed E-state index contributed by atoms with van der Waals surface area (Å²) in [5.41, 5.74) is 0.737. The number of ether oxygens (including phenoxy) is 1. The summed E-state index contributed by atoms with van der Waals surface area (Å²) in [7, 11) is 0. The first-order valence-corrected chi connectivity index (χ1v) is 9.05. The number of halogens is 2. The number of para-hydroxylation sites is 2. The predicted octanol–water partition coefficient (Wildman–Crippen LogP) is 4.02. The summed E-state index contributed by atoms with van der Waals surface area (Å²) in [6.07, 6.45) is 0.822. The highest BCUT2D eigenvalue weighted by molar-refractivity contribution is 6.43. The Kier molecular flexibility index (Phi) is 5.68. The fraction of sp³-hybridized carbons (Fsp3) is 0.211. The van der Waals surface area contributed by atoms with Crippen LogP contribution in [0.2, 0.25) is 10.0 Å². The summed E-state index contributed by atoms with van der Waals surface area (Å²) in [6, 6.07) is 9.64. The Morgan fingerprint density at radius 3 is 2.26 bits per heavy atom. The molecule has 1 aliphatic heterocycles. The van der Waals surface area contributed by atoms with Gasteiger partial charge in [0.2, 0.25) is 5.91 Å². The van der Waals surface area contributed by atoms with E-state index in [4.69, 9.17) is 27.9 Å². The second-order valence-electron chi connectivity index (χ2n) is 5.90. The van der Waals surface area contributed by atoms with Crippen LogP contribution in [0.3, 0.4) is 0 Å². The zero-order valence-corrected chi connectivity index (χ0v) is 15.9. The summed E-state index contributed by atoms with van der Waals surface area (Å²) in [5.74, 6) is -1.17. The van der Waals surface area contributed by atoms with Crippen molar-refractivity contribution in [3.63, 3.8) is 0 Å². The Bertz CT molecular complexity index is 889. The van der Waals surface area contributed by atoms with Crippen LogP contribution >= 0.6 is 23.2 Å². The van der Waals surface area contributed by atoms with Crippen molar-refractivity contribution in [1.82, 2.24) is 4.90 Å². The van der Waals surface area contributed by atoms with Crippen molar-refractivity contribution in [2.75, 3.05) is 18.5 Å². The first-order valence-electron chi connectivity index (χ1n) is 8.29. The minimum Gasteiger partial charge on any atom is -0.491 e. The number of nitrogens with one attached hydrogen (secondary N) is 1. The molecular weight excluding hydrogens is 391 g/mol. The molecule has 6 nitrogen and oxygen atoms in total. The first kappa shape index (κ1) is 19.2. The fourth-order valence-electron chi connectivity index (χ4n) is 2.67. The molecule has 1 heterocycles. The van der Waals surface area contributed by atoms with Crippen molar-refractivity contribution in [2.24, 2.45) is 0 Å². The van der Waals surface area contributed by atoms with E-state index in [0.717, 1.165) is 11.3 Å². The van der Waals surface area contributed by atoms with E-state index < -0.39 is 24.3 Å². The molecule has 0 unspecified atom stereocenters. The molecule has 3 amide bonds. The van der Waals surface area contributed by atoms with Crippen LogP contribution in [0, 0.1) is 0 Å². The highest BCUT2D eigenvalue weighted by atomic mass is 35.5. The van der Waals surface area contributed by atoms with Crippen molar-refractivity contribution in [1.29, 1.82) is 0 Å². The number of nitrogens with zero attached hydrogens (tertiary/aromatic N) is 1. The summed E-state index contributed by atoms with van der Waals surface area (Å²) in [4.78, 5) is 38.2. The molecule has 2 aromatic carbocycles. The average Bonchev–Trinajstić information content (AvgIpc) is 2.86. The SMILES string of the molecule is CCCOc1ccccc1NC(=O)CN1C(=O)c2cc(Cl)c(Cl)cc2C1=O. The van der Waals surface area contributed by atoms with Gasteiger partial charge in [-0.1, -0.05) is 42.3 Å². The van der Waals surface area contributed by atoms with Gasteiger partial charge in [0, 0.05) is 0 Å². The van der Waals surface area contributed by atoms with E-state index in [1.165, 1.54) is 12.1 Å². The smallest absolute Gasteiger partial charge is 0.262 e. The molecule has 140 valence electrons. The number of hydrogen-bond donors (Lipinski definition) is 1. The molecule has 0 spiro atoms. The van der Waals surface area contributed by atoms with E-state index in [9.17, 15) is 14.4 Å². The second-order valence-corrected chi connectivity index (χ2v) is 6.72. The third-order valence-electron chi connectivity index (χ3n) is 3.94. The number of imide groups is 1. The number of rotatable bonds is 6. The Labute approximate surface area is 166 Å². The molecule has 0 fully saturated rings. The van der Waals surface area contributed by atoms with Gasteiger partial charge in [-0.05, 0) is 30.7 Å². The number of carbonyl (C=O) groups excluding carboxylic acids is 3. The van der Waals surface area contributed by atoms with Crippen LogP contribution in [0.15, 0.2) is 36.4 Å². The summed E-state index contributed by atoms with van der Waals surface area (Å²) < 4.78 is 5.58. The van der Waals surface area contributed by atoms with E-state index >= 15 is 0 Å².